The van der Waals surface area contributed by atoms with Gasteiger partial charge in [-0.3, -0.25) is 0 Å². The number of aromatic amines is 1. The summed E-state index contributed by atoms with van der Waals surface area (Å²) < 4.78 is 6.30. The highest BCUT2D eigenvalue weighted by Gasteiger charge is 2.18. The predicted octanol–water partition coefficient (Wildman–Crippen LogP) is 7.40. The Morgan fingerprint density at radius 2 is 1.43 bits per heavy atom. The van der Waals surface area contributed by atoms with Crippen LogP contribution in [-0.4, -0.2) is 4.98 Å². The second kappa shape index (κ2) is 5.86. The van der Waals surface area contributed by atoms with Crippen LogP contribution in [0.3, 0.4) is 0 Å². The average Bonchev–Trinajstić information content (AvgIpc) is 3.35. The van der Waals surface area contributed by atoms with Gasteiger partial charge in [0.25, 0.3) is 0 Å². The van der Waals surface area contributed by atoms with Gasteiger partial charge in [-0.1, -0.05) is 78.9 Å². The van der Waals surface area contributed by atoms with Crippen molar-refractivity contribution in [3.63, 3.8) is 0 Å². The predicted molar refractivity (Wildman–Crippen MR) is 116 cm³/mol. The zero-order chi connectivity index (χ0) is 18.5. The van der Waals surface area contributed by atoms with Crippen LogP contribution >= 0.6 is 0 Å². The van der Waals surface area contributed by atoms with Crippen molar-refractivity contribution in [2.24, 2.45) is 0 Å². The molecule has 0 aliphatic heterocycles. The van der Waals surface area contributed by atoms with Crippen molar-refractivity contribution in [2.45, 2.75) is 0 Å². The van der Waals surface area contributed by atoms with Crippen LogP contribution in [0.2, 0.25) is 0 Å². The molecule has 2 heterocycles. The Morgan fingerprint density at radius 1 is 0.643 bits per heavy atom. The number of fused-ring (bicyclic) bond motifs is 4. The normalized spacial score (nSPS) is 11.6. The molecule has 0 unspecified atom stereocenters. The molecule has 2 aromatic heterocycles. The quantitative estimate of drug-likeness (QED) is 0.343. The summed E-state index contributed by atoms with van der Waals surface area (Å²) in [5, 5.41) is 3.56. The summed E-state index contributed by atoms with van der Waals surface area (Å²) >= 11 is 0. The molecule has 2 heteroatoms. The number of benzene rings is 4. The van der Waals surface area contributed by atoms with Gasteiger partial charge < -0.3 is 9.40 Å². The summed E-state index contributed by atoms with van der Waals surface area (Å²) in [4.78, 5) is 3.64. The molecule has 2 nitrogen and oxygen atoms in total. The summed E-state index contributed by atoms with van der Waals surface area (Å²) in [6.07, 6.45) is 0. The lowest BCUT2D eigenvalue weighted by Gasteiger charge is -2.09. The molecule has 1 N–H and O–H groups in total. The third kappa shape index (κ3) is 2.21. The van der Waals surface area contributed by atoms with Crippen molar-refractivity contribution in [3.05, 3.63) is 97.1 Å². The SMILES string of the molecule is c1ccc(-c2ccc3c([nH]c4ccccc43)c2-c2cc3ccccc3o2)cc1. The first-order valence-corrected chi connectivity index (χ1v) is 9.46. The summed E-state index contributed by atoms with van der Waals surface area (Å²) in [6, 6.07) is 33.7. The van der Waals surface area contributed by atoms with Gasteiger partial charge in [-0.25, -0.2) is 0 Å². The maximum Gasteiger partial charge on any atom is 0.138 e. The Balaban J connectivity index is 1.76. The van der Waals surface area contributed by atoms with E-state index in [2.05, 4.69) is 77.8 Å². The van der Waals surface area contributed by atoms with Crippen molar-refractivity contribution in [1.29, 1.82) is 0 Å². The van der Waals surface area contributed by atoms with Gasteiger partial charge in [0.2, 0.25) is 0 Å². The molecule has 0 saturated heterocycles. The van der Waals surface area contributed by atoms with Crippen LogP contribution in [0.1, 0.15) is 0 Å². The average molecular weight is 359 g/mol. The van der Waals surface area contributed by atoms with Crippen molar-refractivity contribution in [3.8, 4) is 22.5 Å². The second-order valence-corrected chi connectivity index (χ2v) is 7.10. The van der Waals surface area contributed by atoms with Crippen LogP contribution in [0.25, 0.3) is 55.2 Å². The summed E-state index contributed by atoms with van der Waals surface area (Å²) in [6.45, 7) is 0. The van der Waals surface area contributed by atoms with Crippen molar-refractivity contribution in [2.75, 3.05) is 0 Å². The van der Waals surface area contributed by atoms with Crippen LogP contribution in [-0.2, 0) is 0 Å². The molecule has 0 aliphatic rings. The highest BCUT2D eigenvalue weighted by molar-refractivity contribution is 6.14. The van der Waals surface area contributed by atoms with Gasteiger partial charge in [-0.2, -0.15) is 0 Å². The van der Waals surface area contributed by atoms with Gasteiger partial charge in [-0.15, -0.1) is 0 Å². The van der Waals surface area contributed by atoms with E-state index in [9.17, 15) is 0 Å². The van der Waals surface area contributed by atoms with Gasteiger partial charge in [0.15, 0.2) is 0 Å². The van der Waals surface area contributed by atoms with Gasteiger partial charge >= 0.3 is 0 Å². The first-order valence-electron chi connectivity index (χ1n) is 9.46. The Bertz CT molecular complexity index is 1420. The van der Waals surface area contributed by atoms with E-state index in [0.29, 0.717) is 0 Å². The van der Waals surface area contributed by atoms with Crippen LogP contribution in [0.4, 0.5) is 0 Å². The van der Waals surface area contributed by atoms with Gasteiger partial charge in [-0.05, 0) is 29.3 Å². The van der Waals surface area contributed by atoms with E-state index in [1.165, 1.54) is 21.9 Å². The Morgan fingerprint density at radius 3 is 2.32 bits per heavy atom. The number of nitrogens with one attached hydrogen (secondary N) is 1. The molecule has 0 bridgehead atoms. The third-order valence-electron chi connectivity index (χ3n) is 5.44. The van der Waals surface area contributed by atoms with Gasteiger partial charge in [0.05, 0.1) is 5.52 Å². The summed E-state index contributed by atoms with van der Waals surface area (Å²) in [7, 11) is 0. The van der Waals surface area contributed by atoms with Crippen LogP contribution in [0.5, 0.6) is 0 Å². The number of para-hydroxylation sites is 2. The minimum atomic E-state index is 0.886. The molecule has 0 aliphatic carbocycles. The highest BCUT2D eigenvalue weighted by atomic mass is 16.3. The number of rotatable bonds is 2. The molecule has 4 aromatic carbocycles. The van der Waals surface area contributed by atoms with Crippen molar-refractivity contribution >= 4 is 32.8 Å². The maximum atomic E-state index is 6.30. The van der Waals surface area contributed by atoms with Crippen LogP contribution in [0.15, 0.2) is 101 Å². The number of hydrogen-bond acceptors (Lipinski definition) is 1. The molecule has 0 saturated carbocycles. The van der Waals surface area contributed by atoms with E-state index in [-0.39, 0.29) is 0 Å². The fourth-order valence-corrected chi connectivity index (χ4v) is 4.14. The van der Waals surface area contributed by atoms with Gasteiger partial charge in [0.1, 0.15) is 11.3 Å². The van der Waals surface area contributed by atoms with Gasteiger partial charge in [0, 0.05) is 27.2 Å². The minimum absolute atomic E-state index is 0.886. The molecule has 0 fully saturated rings. The largest absolute Gasteiger partial charge is 0.456 e. The van der Waals surface area contributed by atoms with Crippen molar-refractivity contribution < 1.29 is 4.42 Å². The topological polar surface area (TPSA) is 28.9 Å². The van der Waals surface area contributed by atoms with E-state index in [0.717, 1.165) is 33.3 Å². The molecule has 28 heavy (non-hydrogen) atoms. The lowest BCUT2D eigenvalue weighted by Crippen LogP contribution is -1.86. The molecule has 6 rings (SSSR count). The lowest BCUT2D eigenvalue weighted by atomic mass is 9.95. The fraction of sp³-hybridized carbons (Fsp3) is 0. The van der Waals surface area contributed by atoms with E-state index in [1.54, 1.807) is 0 Å². The monoisotopic (exact) mass is 359 g/mol. The number of hydrogen-bond donors (Lipinski definition) is 1. The first-order chi connectivity index (χ1) is 13.9. The zero-order valence-electron chi connectivity index (χ0n) is 15.1. The summed E-state index contributed by atoms with van der Waals surface area (Å²) in [5.74, 6) is 0.886. The Hall–Kier alpha value is -3.78. The number of aromatic nitrogens is 1. The minimum Gasteiger partial charge on any atom is -0.456 e. The molecular formula is C26H17NO. The number of H-pyrrole nitrogens is 1. The third-order valence-corrected chi connectivity index (χ3v) is 5.44. The summed E-state index contributed by atoms with van der Waals surface area (Å²) in [5.41, 5.74) is 6.61. The van der Waals surface area contributed by atoms with Crippen LogP contribution in [0, 0.1) is 0 Å². The molecule has 6 aromatic rings. The highest BCUT2D eigenvalue weighted by Crippen LogP contribution is 2.41. The Labute approximate surface area is 162 Å². The maximum absolute atomic E-state index is 6.30. The van der Waals surface area contributed by atoms with E-state index in [4.69, 9.17) is 4.42 Å². The molecule has 0 spiro atoms. The molecule has 132 valence electrons. The van der Waals surface area contributed by atoms with E-state index < -0.39 is 0 Å². The lowest BCUT2D eigenvalue weighted by molar-refractivity contribution is 0.632. The zero-order valence-corrected chi connectivity index (χ0v) is 15.1. The molecule has 0 amide bonds. The molecular weight excluding hydrogens is 342 g/mol. The molecule has 0 atom stereocenters. The van der Waals surface area contributed by atoms with Crippen LogP contribution < -0.4 is 0 Å². The Kier molecular flexibility index (Phi) is 3.20. The molecule has 0 radical (unpaired) electrons. The van der Waals surface area contributed by atoms with Crippen molar-refractivity contribution in [1.82, 2.24) is 4.98 Å². The fourth-order valence-electron chi connectivity index (χ4n) is 4.14. The second-order valence-electron chi connectivity index (χ2n) is 7.10. The standard InChI is InChI=1S/C26H17NO/c1-2-8-17(9-3-1)19-14-15-21-20-11-5-6-12-22(20)27-26(21)25(19)24-16-18-10-4-7-13-23(18)28-24/h1-16,27H. The number of furan rings is 1. The van der Waals surface area contributed by atoms with E-state index >= 15 is 0 Å². The smallest absolute Gasteiger partial charge is 0.138 e. The van der Waals surface area contributed by atoms with E-state index in [1.807, 2.05) is 24.3 Å². The first kappa shape index (κ1) is 15.3.